The molecule has 2 rings (SSSR count). The van der Waals surface area contributed by atoms with E-state index in [4.69, 9.17) is 15.2 Å². The molecule has 0 saturated heterocycles. The summed E-state index contributed by atoms with van der Waals surface area (Å²) in [5.74, 6) is 2.18. The number of rotatable bonds is 6. The highest BCUT2D eigenvalue weighted by Gasteiger charge is 2.28. The van der Waals surface area contributed by atoms with Gasteiger partial charge in [0, 0.05) is 0 Å². The maximum Gasteiger partial charge on any atom is 0.119 e. The first-order valence-electron chi connectivity index (χ1n) is 7.29. The van der Waals surface area contributed by atoms with Gasteiger partial charge in [-0.2, -0.15) is 0 Å². The van der Waals surface area contributed by atoms with Crippen molar-refractivity contribution in [3.63, 3.8) is 0 Å². The zero-order valence-corrected chi connectivity index (χ0v) is 11.8. The first-order chi connectivity index (χ1) is 9.29. The number of hydrogen-bond acceptors (Lipinski definition) is 3. The molecule has 3 heteroatoms. The largest absolute Gasteiger partial charge is 0.491 e. The van der Waals surface area contributed by atoms with Gasteiger partial charge in [0.15, 0.2) is 0 Å². The van der Waals surface area contributed by atoms with Crippen LogP contribution in [0.4, 0.5) is 0 Å². The Balaban J connectivity index is 1.69. The fourth-order valence-corrected chi connectivity index (χ4v) is 2.74. The lowest BCUT2D eigenvalue weighted by Gasteiger charge is -2.34. The van der Waals surface area contributed by atoms with Crippen molar-refractivity contribution < 1.29 is 9.47 Å². The smallest absolute Gasteiger partial charge is 0.119 e. The van der Waals surface area contributed by atoms with Crippen molar-refractivity contribution in [3.8, 4) is 5.75 Å². The predicted molar refractivity (Wildman–Crippen MR) is 77.2 cm³/mol. The molecule has 0 bridgehead atoms. The molecule has 0 aliphatic heterocycles. The third kappa shape index (κ3) is 4.51. The van der Waals surface area contributed by atoms with Gasteiger partial charge in [0.1, 0.15) is 12.4 Å². The number of nitrogens with two attached hydrogens (primary N) is 1. The molecule has 3 atom stereocenters. The Kier molecular flexibility index (Phi) is 5.67. The van der Waals surface area contributed by atoms with Crippen LogP contribution in [0.2, 0.25) is 0 Å². The Bertz CT molecular complexity index is 355. The maximum atomic E-state index is 5.97. The molecule has 1 saturated carbocycles. The van der Waals surface area contributed by atoms with Gasteiger partial charge in [0.05, 0.1) is 12.7 Å². The van der Waals surface area contributed by atoms with E-state index >= 15 is 0 Å². The van der Waals surface area contributed by atoms with E-state index in [1.165, 1.54) is 12.8 Å². The SMILES string of the molecule is CC1CCC(CN)C(OCCOc2ccccc2)C1. The summed E-state index contributed by atoms with van der Waals surface area (Å²) in [4.78, 5) is 0. The van der Waals surface area contributed by atoms with Crippen molar-refractivity contribution in [1.29, 1.82) is 0 Å². The fraction of sp³-hybridized carbons (Fsp3) is 0.625. The van der Waals surface area contributed by atoms with E-state index in [0.29, 0.717) is 25.2 Å². The molecule has 3 unspecified atom stereocenters. The monoisotopic (exact) mass is 263 g/mol. The van der Waals surface area contributed by atoms with Crippen LogP contribution in [0, 0.1) is 11.8 Å². The van der Waals surface area contributed by atoms with Crippen LogP contribution in [0.5, 0.6) is 5.75 Å². The normalized spacial score (nSPS) is 27.2. The lowest BCUT2D eigenvalue weighted by molar-refractivity contribution is -0.0307. The Hall–Kier alpha value is -1.06. The molecule has 1 aliphatic carbocycles. The molecule has 106 valence electrons. The van der Waals surface area contributed by atoms with Gasteiger partial charge in [-0.3, -0.25) is 0 Å². The summed E-state index contributed by atoms with van der Waals surface area (Å²) >= 11 is 0. The number of hydrogen-bond donors (Lipinski definition) is 1. The van der Waals surface area contributed by atoms with Crippen LogP contribution in [-0.2, 0) is 4.74 Å². The number of ether oxygens (including phenoxy) is 2. The van der Waals surface area contributed by atoms with Gasteiger partial charge in [-0.05, 0) is 43.4 Å². The van der Waals surface area contributed by atoms with Gasteiger partial charge in [0.25, 0.3) is 0 Å². The van der Waals surface area contributed by atoms with E-state index in [1.54, 1.807) is 0 Å². The first-order valence-corrected chi connectivity index (χ1v) is 7.29. The van der Waals surface area contributed by atoms with Gasteiger partial charge in [-0.15, -0.1) is 0 Å². The van der Waals surface area contributed by atoms with Crippen LogP contribution in [0.1, 0.15) is 26.2 Å². The van der Waals surface area contributed by atoms with E-state index in [-0.39, 0.29) is 0 Å². The Morgan fingerprint density at radius 3 is 2.68 bits per heavy atom. The van der Waals surface area contributed by atoms with Gasteiger partial charge < -0.3 is 15.2 Å². The molecule has 1 aromatic carbocycles. The van der Waals surface area contributed by atoms with Gasteiger partial charge in [-0.25, -0.2) is 0 Å². The van der Waals surface area contributed by atoms with Crippen molar-refractivity contribution in [1.82, 2.24) is 0 Å². The second-order valence-corrected chi connectivity index (χ2v) is 5.48. The Labute approximate surface area is 116 Å². The quantitative estimate of drug-likeness (QED) is 0.803. The summed E-state index contributed by atoms with van der Waals surface area (Å²) in [5, 5.41) is 0. The molecule has 0 aromatic heterocycles. The first kappa shape index (κ1) is 14.4. The highest BCUT2D eigenvalue weighted by molar-refractivity contribution is 5.20. The van der Waals surface area contributed by atoms with E-state index in [0.717, 1.165) is 24.6 Å². The van der Waals surface area contributed by atoms with Crippen molar-refractivity contribution in [2.45, 2.75) is 32.3 Å². The van der Waals surface area contributed by atoms with Gasteiger partial charge in [-0.1, -0.05) is 31.5 Å². The molecule has 0 heterocycles. The van der Waals surface area contributed by atoms with Crippen LogP contribution in [0.25, 0.3) is 0 Å². The van der Waals surface area contributed by atoms with Crippen molar-refractivity contribution in [2.24, 2.45) is 17.6 Å². The fourth-order valence-electron chi connectivity index (χ4n) is 2.74. The Morgan fingerprint density at radius 2 is 1.95 bits per heavy atom. The van der Waals surface area contributed by atoms with Crippen molar-refractivity contribution in [3.05, 3.63) is 30.3 Å². The minimum absolute atomic E-state index is 0.313. The summed E-state index contributed by atoms with van der Waals surface area (Å²) in [6.45, 7) is 4.27. The highest BCUT2D eigenvalue weighted by Crippen LogP contribution is 2.30. The third-order valence-electron chi connectivity index (χ3n) is 3.92. The van der Waals surface area contributed by atoms with Crippen LogP contribution in [-0.4, -0.2) is 25.9 Å². The summed E-state index contributed by atoms with van der Waals surface area (Å²) in [6.07, 6.45) is 3.92. The second-order valence-electron chi connectivity index (χ2n) is 5.48. The zero-order chi connectivity index (χ0) is 13.5. The summed E-state index contributed by atoms with van der Waals surface area (Å²) in [5.41, 5.74) is 5.82. The molecule has 19 heavy (non-hydrogen) atoms. The highest BCUT2D eigenvalue weighted by atomic mass is 16.5. The average molecular weight is 263 g/mol. The topological polar surface area (TPSA) is 44.5 Å². The molecule has 1 aromatic rings. The third-order valence-corrected chi connectivity index (χ3v) is 3.92. The summed E-state index contributed by atoms with van der Waals surface area (Å²) in [7, 11) is 0. The van der Waals surface area contributed by atoms with Crippen molar-refractivity contribution in [2.75, 3.05) is 19.8 Å². The van der Waals surface area contributed by atoms with E-state index in [2.05, 4.69) is 6.92 Å². The molecule has 0 radical (unpaired) electrons. The van der Waals surface area contributed by atoms with E-state index < -0.39 is 0 Å². The minimum Gasteiger partial charge on any atom is -0.491 e. The predicted octanol–water partition coefficient (Wildman–Crippen LogP) is 2.85. The van der Waals surface area contributed by atoms with Crippen LogP contribution < -0.4 is 10.5 Å². The van der Waals surface area contributed by atoms with Gasteiger partial charge in [0.2, 0.25) is 0 Å². The molecule has 1 aliphatic rings. The lowest BCUT2D eigenvalue weighted by Crippen LogP contribution is -2.36. The maximum absolute atomic E-state index is 5.97. The zero-order valence-electron chi connectivity index (χ0n) is 11.8. The standard InChI is InChI=1S/C16H25NO2/c1-13-7-8-14(12-17)16(11-13)19-10-9-18-15-5-3-2-4-6-15/h2-6,13-14,16H,7-12,17H2,1H3. The molecular formula is C16H25NO2. The molecule has 3 nitrogen and oxygen atoms in total. The molecule has 1 fully saturated rings. The Morgan fingerprint density at radius 1 is 1.16 bits per heavy atom. The molecule has 0 spiro atoms. The van der Waals surface area contributed by atoms with Crippen LogP contribution in [0.15, 0.2) is 30.3 Å². The van der Waals surface area contributed by atoms with Crippen molar-refractivity contribution >= 4 is 0 Å². The summed E-state index contributed by atoms with van der Waals surface area (Å²) < 4.78 is 11.6. The number of para-hydroxylation sites is 1. The van der Waals surface area contributed by atoms with Gasteiger partial charge >= 0.3 is 0 Å². The molecule has 2 N–H and O–H groups in total. The molecular weight excluding hydrogens is 238 g/mol. The van der Waals surface area contributed by atoms with Crippen LogP contribution >= 0.6 is 0 Å². The number of benzene rings is 1. The average Bonchev–Trinajstić information content (AvgIpc) is 2.45. The van der Waals surface area contributed by atoms with Crippen LogP contribution in [0.3, 0.4) is 0 Å². The van der Waals surface area contributed by atoms with E-state index in [9.17, 15) is 0 Å². The summed E-state index contributed by atoms with van der Waals surface area (Å²) in [6, 6.07) is 9.86. The van der Waals surface area contributed by atoms with E-state index in [1.807, 2.05) is 30.3 Å². The second kappa shape index (κ2) is 7.51. The lowest BCUT2D eigenvalue weighted by atomic mass is 9.80. The minimum atomic E-state index is 0.313. The molecule has 0 amide bonds.